The molecule has 76 valence electrons. The summed E-state index contributed by atoms with van der Waals surface area (Å²) in [6, 6.07) is 2.98. The number of hydrogen-bond donors (Lipinski definition) is 1. The van der Waals surface area contributed by atoms with Crippen molar-refractivity contribution in [2.45, 2.75) is 4.90 Å². The molecule has 0 aliphatic heterocycles. The highest BCUT2D eigenvalue weighted by Gasteiger charge is 2.08. The van der Waals surface area contributed by atoms with E-state index in [2.05, 4.69) is 4.74 Å². The molecule has 0 saturated heterocycles. The lowest BCUT2D eigenvalue weighted by Crippen LogP contribution is -2.21. The van der Waals surface area contributed by atoms with Gasteiger partial charge in [-0.1, -0.05) is 0 Å². The fraction of sp³-hybridized carbons (Fsp3) is 0.250. The van der Waals surface area contributed by atoms with Crippen molar-refractivity contribution in [2.75, 3.05) is 6.26 Å². The van der Waals surface area contributed by atoms with Crippen LogP contribution in [0.3, 0.4) is 0 Å². The van der Waals surface area contributed by atoms with Crippen LogP contribution in [0.2, 0.25) is 0 Å². The molecule has 0 atom stereocenters. The molecule has 0 unspecified atom stereocenters. The maximum absolute atomic E-state index is 11.5. The van der Waals surface area contributed by atoms with Gasteiger partial charge in [-0.15, -0.1) is 11.8 Å². The first-order valence-corrected chi connectivity index (χ1v) is 4.93. The minimum atomic E-state index is -1.43. The Morgan fingerprint density at radius 2 is 2.21 bits per heavy atom. The Morgan fingerprint density at radius 3 is 2.71 bits per heavy atom. The summed E-state index contributed by atoms with van der Waals surface area (Å²) in [6.45, 7) is 0. The first-order valence-electron chi connectivity index (χ1n) is 3.71. The third-order valence-electron chi connectivity index (χ3n) is 1.64. The van der Waals surface area contributed by atoms with E-state index in [1.807, 2.05) is 0 Å². The van der Waals surface area contributed by atoms with Crippen molar-refractivity contribution in [3.05, 3.63) is 22.5 Å². The molecule has 0 saturated carbocycles. The molecule has 1 aromatic heterocycles. The molecule has 1 N–H and O–H groups in total. The van der Waals surface area contributed by atoms with Crippen molar-refractivity contribution in [2.24, 2.45) is 7.05 Å². The summed E-state index contributed by atoms with van der Waals surface area (Å²) in [6.07, 6.45) is 0.339. The van der Waals surface area contributed by atoms with E-state index in [4.69, 9.17) is 5.11 Å². The van der Waals surface area contributed by atoms with Crippen LogP contribution < -0.4 is 10.3 Å². The third kappa shape index (κ3) is 2.08. The molecular weight excluding hydrogens is 206 g/mol. The summed E-state index contributed by atoms with van der Waals surface area (Å²) in [4.78, 5) is 22.3. The number of carbonyl (C=O) groups is 1. The van der Waals surface area contributed by atoms with E-state index in [1.165, 1.54) is 30.9 Å². The SMILES string of the molecule is CSc1ccc(OC(=O)O)n(C)c1=O. The Kier molecular flexibility index (Phi) is 3.19. The molecule has 1 heterocycles. The normalized spacial score (nSPS) is 9.86. The van der Waals surface area contributed by atoms with E-state index >= 15 is 0 Å². The number of aromatic nitrogens is 1. The van der Waals surface area contributed by atoms with Gasteiger partial charge in [-0.25, -0.2) is 4.79 Å². The summed E-state index contributed by atoms with van der Waals surface area (Å²) < 4.78 is 5.55. The zero-order chi connectivity index (χ0) is 10.7. The van der Waals surface area contributed by atoms with Crippen LogP contribution in [0.5, 0.6) is 5.88 Å². The second-order valence-corrected chi connectivity index (χ2v) is 3.32. The maximum atomic E-state index is 11.5. The first kappa shape index (κ1) is 10.6. The standard InChI is InChI=1S/C8H9NO4S/c1-9-6(13-8(11)12)4-3-5(14-2)7(9)10/h3-4H,1-2H3,(H,11,12). The number of carboxylic acid groups (broad SMARTS) is 1. The van der Waals surface area contributed by atoms with Crippen LogP contribution in [0.15, 0.2) is 21.8 Å². The van der Waals surface area contributed by atoms with Gasteiger partial charge >= 0.3 is 6.16 Å². The van der Waals surface area contributed by atoms with Gasteiger partial charge in [0.2, 0.25) is 5.88 Å². The molecule has 5 nitrogen and oxygen atoms in total. The monoisotopic (exact) mass is 215 g/mol. The molecular formula is C8H9NO4S. The molecule has 0 spiro atoms. The van der Waals surface area contributed by atoms with Gasteiger partial charge in [0, 0.05) is 13.1 Å². The Balaban J connectivity index is 3.17. The van der Waals surface area contributed by atoms with Crippen molar-refractivity contribution in [3.63, 3.8) is 0 Å². The highest BCUT2D eigenvalue weighted by atomic mass is 32.2. The Hall–Kier alpha value is -1.43. The minimum Gasteiger partial charge on any atom is -0.449 e. The van der Waals surface area contributed by atoms with Crippen LogP contribution in [0.1, 0.15) is 0 Å². The Labute approximate surface area is 84.3 Å². The average Bonchev–Trinajstić information content (AvgIpc) is 2.13. The van der Waals surface area contributed by atoms with E-state index in [0.717, 1.165) is 4.57 Å². The predicted octanol–water partition coefficient (Wildman–Crippen LogP) is 1.16. The second kappa shape index (κ2) is 4.19. The Morgan fingerprint density at radius 1 is 1.57 bits per heavy atom. The van der Waals surface area contributed by atoms with Crippen LogP contribution in [0, 0.1) is 0 Å². The maximum Gasteiger partial charge on any atom is 0.512 e. The molecule has 6 heteroatoms. The summed E-state index contributed by atoms with van der Waals surface area (Å²) in [5.74, 6) is 0.0142. The van der Waals surface area contributed by atoms with Crippen molar-refractivity contribution in [1.82, 2.24) is 4.57 Å². The topological polar surface area (TPSA) is 68.5 Å². The van der Waals surface area contributed by atoms with E-state index in [0.29, 0.717) is 4.90 Å². The van der Waals surface area contributed by atoms with Crippen LogP contribution in [-0.4, -0.2) is 22.1 Å². The largest absolute Gasteiger partial charge is 0.512 e. The number of pyridine rings is 1. The quantitative estimate of drug-likeness (QED) is 0.592. The minimum absolute atomic E-state index is 0.0142. The highest BCUT2D eigenvalue weighted by Crippen LogP contribution is 2.13. The molecule has 0 aliphatic rings. The molecule has 0 aliphatic carbocycles. The van der Waals surface area contributed by atoms with E-state index in [9.17, 15) is 9.59 Å². The lowest BCUT2D eigenvalue weighted by molar-refractivity contribution is 0.140. The van der Waals surface area contributed by atoms with Gasteiger partial charge in [-0.3, -0.25) is 9.36 Å². The molecule has 0 radical (unpaired) electrons. The predicted molar refractivity (Wildman–Crippen MR) is 52.1 cm³/mol. The molecule has 1 rings (SSSR count). The molecule has 0 fully saturated rings. The van der Waals surface area contributed by atoms with E-state index in [1.54, 1.807) is 6.26 Å². The van der Waals surface area contributed by atoms with Crippen LogP contribution >= 0.6 is 11.8 Å². The number of rotatable bonds is 2. The van der Waals surface area contributed by atoms with Crippen molar-refractivity contribution >= 4 is 17.9 Å². The van der Waals surface area contributed by atoms with Crippen LogP contribution in [0.4, 0.5) is 4.79 Å². The van der Waals surface area contributed by atoms with Crippen LogP contribution in [0.25, 0.3) is 0 Å². The smallest absolute Gasteiger partial charge is 0.449 e. The number of ether oxygens (including phenoxy) is 1. The second-order valence-electron chi connectivity index (χ2n) is 2.47. The number of thioether (sulfide) groups is 1. The van der Waals surface area contributed by atoms with Gasteiger partial charge in [0.05, 0.1) is 4.90 Å². The van der Waals surface area contributed by atoms with Gasteiger partial charge in [0.25, 0.3) is 5.56 Å². The Bertz CT molecular complexity index is 412. The summed E-state index contributed by atoms with van der Waals surface area (Å²) in [5, 5.41) is 8.37. The molecule has 0 aromatic carbocycles. The number of nitrogens with zero attached hydrogens (tertiary/aromatic N) is 1. The van der Waals surface area contributed by atoms with Gasteiger partial charge in [0.15, 0.2) is 0 Å². The molecule has 0 bridgehead atoms. The average molecular weight is 215 g/mol. The van der Waals surface area contributed by atoms with E-state index in [-0.39, 0.29) is 11.4 Å². The highest BCUT2D eigenvalue weighted by molar-refractivity contribution is 7.98. The molecule has 0 amide bonds. The van der Waals surface area contributed by atoms with Crippen molar-refractivity contribution < 1.29 is 14.6 Å². The van der Waals surface area contributed by atoms with Crippen molar-refractivity contribution in [3.8, 4) is 5.88 Å². The molecule has 14 heavy (non-hydrogen) atoms. The van der Waals surface area contributed by atoms with Gasteiger partial charge in [-0.05, 0) is 12.3 Å². The fourth-order valence-electron chi connectivity index (χ4n) is 0.943. The fourth-order valence-corrected chi connectivity index (χ4v) is 1.46. The summed E-state index contributed by atoms with van der Waals surface area (Å²) in [7, 11) is 1.46. The molecule has 1 aromatic rings. The van der Waals surface area contributed by atoms with Crippen molar-refractivity contribution in [1.29, 1.82) is 0 Å². The lowest BCUT2D eigenvalue weighted by Gasteiger charge is -2.06. The van der Waals surface area contributed by atoms with Gasteiger partial charge in [0.1, 0.15) is 0 Å². The summed E-state index contributed by atoms with van der Waals surface area (Å²) >= 11 is 1.30. The zero-order valence-electron chi connectivity index (χ0n) is 7.68. The van der Waals surface area contributed by atoms with Gasteiger partial charge in [-0.2, -0.15) is 0 Å². The zero-order valence-corrected chi connectivity index (χ0v) is 8.50. The summed E-state index contributed by atoms with van der Waals surface area (Å²) in [5.41, 5.74) is -0.267. The number of hydrogen-bond acceptors (Lipinski definition) is 4. The van der Waals surface area contributed by atoms with E-state index < -0.39 is 6.16 Å². The lowest BCUT2D eigenvalue weighted by atomic mass is 10.4. The third-order valence-corrected chi connectivity index (χ3v) is 2.39. The van der Waals surface area contributed by atoms with Crippen LogP contribution in [-0.2, 0) is 7.05 Å². The van der Waals surface area contributed by atoms with Gasteiger partial charge < -0.3 is 9.84 Å². The first-order chi connectivity index (χ1) is 6.56.